The van der Waals surface area contributed by atoms with Crippen LogP contribution in [-0.4, -0.2) is 78.6 Å². The fourth-order valence-electron chi connectivity index (χ4n) is 3.30. The van der Waals surface area contributed by atoms with Gasteiger partial charge in [0.1, 0.15) is 6.04 Å². The second kappa shape index (κ2) is 16.8. The van der Waals surface area contributed by atoms with Crippen molar-refractivity contribution in [2.45, 2.75) is 83.5 Å². The standard InChI is InChI=1S/C22H44N6O4/c1-6-15(2)8-7-9-20(30)28(5)19(11-13-24)22(32)27-18(16(3)29)14-26-17(10-12-23)21(31)25-4/h4,15-19,26,29H,6-14,23-24H2,1-3,5H3,(H,25,31)(H,27,32)/t15-,16?,17-,18+,19-/m0/s1. The Hall–Kier alpha value is -1.75. The van der Waals surface area contributed by atoms with Crippen molar-refractivity contribution in [2.75, 3.05) is 26.7 Å². The number of nitrogens with one attached hydrogen (secondary N) is 3. The predicted molar refractivity (Wildman–Crippen MR) is 125 cm³/mol. The van der Waals surface area contributed by atoms with Gasteiger partial charge in [0.25, 0.3) is 0 Å². The summed E-state index contributed by atoms with van der Waals surface area (Å²) in [6, 6.07) is -2.09. The van der Waals surface area contributed by atoms with Crippen LogP contribution in [0.25, 0.3) is 0 Å². The van der Waals surface area contributed by atoms with Gasteiger partial charge in [0.2, 0.25) is 17.7 Å². The Balaban J connectivity index is 5.07. The first-order chi connectivity index (χ1) is 15.1. The highest BCUT2D eigenvalue weighted by Crippen LogP contribution is 2.13. The number of nitrogens with two attached hydrogens (primary N) is 2. The highest BCUT2D eigenvalue weighted by molar-refractivity contribution is 5.87. The van der Waals surface area contributed by atoms with Gasteiger partial charge in [-0.25, -0.2) is 0 Å². The van der Waals surface area contributed by atoms with E-state index in [1.54, 1.807) is 7.05 Å². The van der Waals surface area contributed by atoms with Gasteiger partial charge in [-0.2, -0.15) is 0 Å². The van der Waals surface area contributed by atoms with E-state index in [9.17, 15) is 19.5 Å². The molecular weight excluding hydrogens is 412 g/mol. The van der Waals surface area contributed by atoms with Crippen molar-refractivity contribution in [1.82, 2.24) is 20.9 Å². The summed E-state index contributed by atoms with van der Waals surface area (Å²) in [4.78, 5) is 38.9. The number of likely N-dealkylation sites (N-methyl/N-ethyl adjacent to an activating group) is 1. The van der Waals surface area contributed by atoms with E-state index in [1.807, 2.05) is 0 Å². The van der Waals surface area contributed by atoms with Crippen molar-refractivity contribution >= 4 is 17.7 Å². The molecule has 0 aromatic rings. The molecule has 0 aliphatic carbocycles. The van der Waals surface area contributed by atoms with Gasteiger partial charge in [-0.3, -0.25) is 14.4 Å². The predicted octanol–water partition coefficient (Wildman–Crippen LogP) is -0.664. The monoisotopic (exact) mass is 456 g/mol. The molecule has 5 atom stereocenters. The van der Waals surface area contributed by atoms with Crippen LogP contribution in [0.1, 0.15) is 59.3 Å². The Morgan fingerprint density at radius 1 is 1.06 bits per heavy atom. The Morgan fingerprint density at radius 2 is 1.69 bits per heavy atom. The van der Waals surface area contributed by atoms with Gasteiger partial charge in [-0.1, -0.05) is 26.7 Å². The Kier molecular flexibility index (Phi) is 15.9. The number of hydrogen-bond donors (Lipinski definition) is 6. The molecule has 1 unspecified atom stereocenters. The van der Waals surface area contributed by atoms with E-state index >= 15 is 0 Å². The molecule has 0 heterocycles. The molecule has 0 spiro atoms. The molecule has 0 aromatic heterocycles. The zero-order valence-corrected chi connectivity index (χ0v) is 20.1. The number of amides is 3. The quantitative estimate of drug-likeness (QED) is 0.158. The van der Waals surface area contributed by atoms with Crippen molar-refractivity contribution < 1.29 is 19.5 Å². The van der Waals surface area contributed by atoms with E-state index in [-0.39, 0.29) is 25.5 Å². The van der Waals surface area contributed by atoms with Crippen molar-refractivity contribution in [3.8, 4) is 0 Å². The fraction of sp³-hybridized carbons (Fsp3) is 0.818. The van der Waals surface area contributed by atoms with E-state index in [0.717, 1.165) is 19.3 Å². The molecule has 2 radical (unpaired) electrons. The Labute approximate surface area is 193 Å². The largest absolute Gasteiger partial charge is 0.391 e. The molecule has 32 heavy (non-hydrogen) atoms. The van der Waals surface area contributed by atoms with Gasteiger partial charge < -0.3 is 37.4 Å². The summed E-state index contributed by atoms with van der Waals surface area (Å²) in [7, 11) is 6.80. The molecule has 0 aromatic carbocycles. The first-order valence-corrected chi connectivity index (χ1v) is 11.5. The summed E-state index contributed by atoms with van der Waals surface area (Å²) in [5.74, 6) is -0.398. The Bertz CT molecular complexity index is 561. The molecule has 0 rings (SSSR count). The van der Waals surface area contributed by atoms with Crippen molar-refractivity contribution in [3.63, 3.8) is 0 Å². The van der Waals surface area contributed by atoms with Crippen LogP contribution in [0.15, 0.2) is 0 Å². The smallest absolute Gasteiger partial charge is 0.243 e. The van der Waals surface area contributed by atoms with Gasteiger partial charge in [0, 0.05) is 20.0 Å². The topological polar surface area (TPSA) is 163 Å². The van der Waals surface area contributed by atoms with Crippen LogP contribution < -0.4 is 27.4 Å². The number of aliphatic hydroxyl groups is 1. The average Bonchev–Trinajstić information content (AvgIpc) is 2.77. The maximum atomic E-state index is 13.0. The normalized spacial score (nSPS) is 15.9. The second-order valence-corrected chi connectivity index (χ2v) is 8.41. The minimum absolute atomic E-state index is 0.114. The number of rotatable bonds is 17. The third-order valence-electron chi connectivity index (χ3n) is 5.80. The van der Waals surface area contributed by atoms with Crippen molar-refractivity contribution in [1.29, 1.82) is 0 Å². The fourth-order valence-corrected chi connectivity index (χ4v) is 3.30. The average molecular weight is 457 g/mol. The van der Waals surface area contributed by atoms with Crippen LogP contribution in [0.2, 0.25) is 0 Å². The summed E-state index contributed by atoms with van der Waals surface area (Å²) in [5, 5.41) is 18.0. The zero-order chi connectivity index (χ0) is 24.7. The minimum atomic E-state index is -0.902. The lowest BCUT2D eigenvalue weighted by Gasteiger charge is -2.31. The van der Waals surface area contributed by atoms with Crippen LogP contribution >= 0.6 is 0 Å². The van der Waals surface area contributed by atoms with Gasteiger partial charge in [0.15, 0.2) is 0 Å². The first kappa shape index (κ1) is 30.2. The van der Waals surface area contributed by atoms with Crippen LogP contribution in [0, 0.1) is 13.0 Å². The van der Waals surface area contributed by atoms with Crippen LogP contribution in [0.3, 0.4) is 0 Å². The lowest BCUT2D eigenvalue weighted by atomic mass is 10.0. The van der Waals surface area contributed by atoms with Crippen LogP contribution in [-0.2, 0) is 14.4 Å². The molecule has 0 saturated heterocycles. The van der Waals surface area contributed by atoms with Gasteiger partial charge >= 0.3 is 0 Å². The van der Waals surface area contributed by atoms with Crippen LogP contribution in [0.4, 0.5) is 0 Å². The van der Waals surface area contributed by atoms with Gasteiger partial charge in [-0.15, -0.1) is 0 Å². The summed E-state index contributed by atoms with van der Waals surface area (Å²) < 4.78 is 0. The summed E-state index contributed by atoms with van der Waals surface area (Å²) in [5.41, 5.74) is 11.2. The number of carbonyl (C=O) groups is 3. The third kappa shape index (κ3) is 11.2. The highest BCUT2D eigenvalue weighted by atomic mass is 16.3. The molecule has 10 nitrogen and oxygen atoms in total. The molecule has 0 aliphatic heterocycles. The molecule has 186 valence electrons. The lowest BCUT2D eigenvalue weighted by molar-refractivity contribution is -0.139. The summed E-state index contributed by atoms with van der Waals surface area (Å²) >= 11 is 0. The van der Waals surface area contributed by atoms with Gasteiger partial charge in [-0.05, 0) is 45.2 Å². The van der Waals surface area contributed by atoms with Crippen LogP contribution in [0.5, 0.6) is 0 Å². The molecule has 0 aliphatic rings. The number of nitrogens with zero attached hydrogens (tertiary/aromatic N) is 1. The SMILES string of the molecule is [CH]NC(=O)[C@H](CCN)NC[C@@H](NC(=O)[C@H](CCN)N(C)C(=O)CCC[C@@H](C)CC)C(C)O. The molecule has 3 amide bonds. The van der Waals surface area contributed by atoms with Gasteiger partial charge in [0.05, 0.1) is 25.2 Å². The van der Waals surface area contributed by atoms with E-state index in [1.165, 1.54) is 11.8 Å². The number of hydrogen-bond acceptors (Lipinski definition) is 7. The van der Waals surface area contributed by atoms with E-state index in [4.69, 9.17) is 18.5 Å². The van der Waals surface area contributed by atoms with E-state index < -0.39 is 36.0 Å². The summed E-state index contributed by atoms with van der Waals surface area (Å²) in [6.45, 7) is 6.42. The first-order valence-electron chi connectivity index (χ1n) is 11.5. The zero-order valence-electron chi connectivity index (χ0n) is 20.1. The number of aliphatic hydroxyl groups excluding tert-OH is 1. The maximum Gasteiger partial charge on any atom is 0.243 e. The third-order valence-corrected chi connectivity index (χ3v) is 5.80. The molecule has 0 saturated carbocycles. The molecule has 0 fully saturated rings. The lowest BCUT2D eigenvalue weighted by Crippen LogP contribution is -2.57. The Morgan fingerprint density at radius 3 is 2.19 bits per heavy atom. The van der Waals surface area contributed by atoms with E-state index in [0.29, 0.717) is 25.2 Å². The van der Waals surface area contributed by atoms with Crippen molar-refractivity contribution in [3.05, 3.63) is 7.05 Å². The molecule has 8 N–H and O–H groups in total. The van der Waals surface area contributed by atoms with Crippen molar-refractivity contribution in [2.24, 2.45) is 17.4 Å². The molecule has 10 heteroatoms. The maximum absolute atomic E-state index is 13.0. The number of carbonyl (C=O) groups excluding carboxylic acids is 3. The highest BCUT2D eigenvalue weighted by Gasteiger charge is 2.29. The second-order valence-electron chi connectivity index (χ2n) is 8.41. The minimum Gasteiger partial charge on any atom is -0.391 e. The van der Waals surface area contributed by atoms with E-state index in [2.05, 4.69) is 29.8 Å². The summed E-state index contributed by atoms with van der Waals surface area (Å²) in [6.07, 6.45) is 2.89. The molecule has 0 bridgehead atoms. The molecular formula is C22H44N6O4.